The number of aromatic amines is 1. The van der Waals surface area contributed by atoms with Gasteiger partial charge in [-0.3, -0.25) is 4.79 Å². The van der Waals surface area contributed by atoms with Crippen molar-refractivity contribution in [2.75, 3.05) is 0 Å². The van der Waals surface area contributed by atoms with Crippen molar-refractivity contribution in [2.45, 2.75) is 56.6 Å². The molecule has 4 nitrogen and oxygen atoms in total. The Morgan fingerprint density at radius 3 is 2.73 bits per heavy atom. The maximum atomic E-state index is 12.0. The molecule has 0 radical (unpaired) electrons. The van der Waals surface area contributed by atoms with Crippen LogP contribution in [-0.4, -0.2) is 17.1 Å². The van der Waals surface area contributed by atoms with Crippen molar-refractivity contribution in [3.8, 4) is 5.75 Å². The summed E-state index contributed by atoms with van der Waals surface area (Å²) < 4.78 is 7.39. The minimum Gasteiger partial charge on any atom is -0.489 e. The average Bonchev–Trinajstić information content (AvgIpc) is 2.75. The largest absolute Gasteiger partial charge is 0.489 e. The molecule has 3 N–H and O–H groups in total. The number of nitrogens with two attached hydrogens (primary N) is 1. The van der Waals surface area contributed by atoms with Gasteiger partial charge in [0.05, 0.1) is 11.1 Å². The number of hydrogen-bond donors (Lipinski definition) is 2. The second kappa shape index (κ2) is 8.74. The molecular formula is C24H26BrClN2O2. The first-order valence-electron chi connectivity index (χ1n) is 10.4. The van der Waals surface area contributed by atoms with Crippen LogP contribution >= 0.6 is 27.5 Å². The third-order valence-corrected chi connectivity index (χ3v) is 7.28. The lowest BCUT2D eigenvalue weighted by Crippen LogP contribution is -2.48. The smallest absolute Gasteiger partial charge is 0.255 e. The summed E-state index contributed by atoms with van der Waals surface area (Å²) in [7, 11) is 0. The van der Waals surface area contributed by atoms with E-state index in [0.29, 0.717) is 16.2 Å². The van der Waals surface area contributed by atoms with Crippen molar-refractivity contribution in [1.82, 2.24) is 4.98 Å². The highest BCUT2D eigenvalue weighted by Gasteiger charge is 2.41. The summed E-state index contributed by atoms with van der Waals surface area (Å²) >= 11 is 10.0. The van der Waals surface area contributed by atoms with Gasteiger partial charge in [0.15, 0.2) is 0 Å². The Kier molecular flexibility index (Phi) is 6.24. The van der Waals surface area contributed by atoms with E-state index in [-0.39, 0.29) is 23.1 Å². The Morgan fingerprint density at radius 1 is 1.27 bits per heavy atom. The molecule has 1 unspecified atom stereocenters. The number of rotatable bonds is 5. The third-order valence-electron chi connectivity index (χ3n) is 6.49. The minimum absolute atomic E-state index is 0.0428. The number of aromatic nitrogens is 1. The molecule has 0 spiro atoms. The normalized spacial score (nSPS) is 22.7. The van der Waals surface area contributed by atoms with E-state index < -0.39 is 0 Å². The monoisotopic (exact) mass is 488 g/mol. The van der Waals surface area contributed by atoms with Crippen molar-refractivity contribution >= 4 is 38.3 Å². The van der Waals surface area contributed by atoms with E-state index in [4.69, 9.17) is 22.1 Å². The van der Waals surface area contributed by atoms with Crippen LogP contribution in [0.25, 0.3) is 10.8 Å². The SMILES string of the molecule is CCC(N)[C@]1(c2cccc(Br)c2)CC[C@H](Oc2cc3cc[nH]c(=O)c3cc2Cl)CC1. The van der Waals surface area contributed by atoms with Gasteiger partial charge >= 0.3 is 0 Å². The maximum Gasteiger partial charge on any atom is 0.255 e. The van der Waals surface area contributed by atoms with Gasteiger partial charge in [0.1, 0.15) is 5.75 Å². The summed E-state index contributed by atoms with van der Waals surface area (Å²) in [4.78, 5) is 14.7. The number of ether oxygens (including phenoxy) is 1. The maximum absolute atomic E-state index is 12.0. The van der Waals surface area contributed by atoms with Gasteiger partial charge in [-0.2, -0.15) is 0 Å². The number of H-pyrrole nitrogens is 1. The van der Waals surface area contributed by atoms with Crippen molar-refractivity contribution in [3.05, 3.63) is 74.1 Å². The molecule has 0 amide bonds. The highest BCUT2D eigenvalue weighted by Crippen LogP contribution is 2.44. The number of halogens is 2. The molecule has 30 heavy (non-hydrogen) atoms. The van der Waals surface area contributed by atoms with E-state index in [0.717, 1.165) is 42.0 Å². The van der Waals surface area contributed by atoms with Crippen molar-refractivity contribution in [2.24, 2.45) is 5.73 Å². The van der Waals surface area contributed by atoms with Crippen LogP contribution in [0.15, 0.2) is 57.9 Å². The molecule has 1 fully saturated rings. The summed E-state index contributed by atoms with van der Waals surface area (Å²) in [5, 5.41) is 1.86. The molecule has 0 bridgehead atoms. The molecule has 0 aliphatic heterocycles. The third kappa shape index (κ3) is 4.03. The molecule has 1 heterocycles. The van der Waals surface area contributed by atoms with Gasteiger partial charge in [0.2, 0.25) is 0 Å². The minimum atomic E-state index is -0.147. The molecule has 4 rings (SSSR count). The first kappa shape index (κ1) is 21.4. The Morgan fingerprint density at radius 2 is 2.03 bits per heavy atom. The van der Waals surface area contributed by atoms with Gasteiger partial charge in [-0.15, -0.1) is 0 Å². The van der Waals surface area contributed by atoms with E-state index in [1.165, 1.54) is 5.56 Å². The van der Waals surface area contributed by atoms with Crippen molar-refractivity contribution in [1.29, 1.82) is 0 Å². The van der Waals surface area contributed by atoms with Gasteiger partial charge < -0.3 is 15.5 Å². The highest BCUT2D eigenvalue weighted by atomic mass is 79.9. The quantitative estimate of drug-likeness (QED) is 0.466. The molecule has 1 atom stereocenters. The van der Waals surface area contributed by atoms with Crippen molar-refractivity contribution in [3.63, 3.8) is 0 Å². The molecule has 6 heteroatoms. The van der Waals surface area contributed by atoms with Gasteiger partial charge in [-0.1, -0.05) is 46.6 Å². The molecule has 0 saturated heterocycles. The number of nitrogens with one attached hydrogen (secondary N) is 1. The van der Waals surface area contributed by atoms with Crippen LogP contribution in [0.1, 0.15) is 44.6 Å². The lowest BCUT2D eigenvalue weighted by Gasteiger charge is -2.44. The fraction of sp³-hybridized carbons (Fsp3) is 0.375. The molecule has 158 valence electrons. The summed E-state index contributed by atoms with van der Waals surface area (Å²) in [6.45, 7) is 2.16. The average molecular weight is 490 g/mol. The lowest BCUT2D eigenvalue weighted by molar-refractivity contribution is 0.104. The van der Waals surface area contributed by atoms with E-state index in [1.54, 1.807) is 12.3 Å². The zero-order valence-corrected chi connectivity index (χ0v) is 19.3. The van der Waals surface area contributed by atoms with Crippen molar-refractivity contribution < 1.29 is 4.74 Å². The predicted octanol–water partition coefficient (Wildman–Crippen LogP) is 5.94. The zero-order chi connectivity index (χ0) is 21.3. The van der Waals surface area contributed by atoms with Crippen LogP contribution in [0, 0.1) is 0 Å². The Bertz CT molecular complexity index is 1110. The van der Waals surface area contributed by atoms with Gasteiger partial charge in [0.25, 0.3) is 5.56 Å². The van der Waals surface area contributed by atoms with Crippen LogP contribution in [0.4, 0.5) is 0 Å². The second-order valence-electron chi connectivity index (χ2n) is 8.18. The molecule has 2 aromatic carbocycles. The molecule has 1 aliphatic carbocycles. The van der Waals surface area contributed by atoms with E-state index in [1.807, 2.05) is 12.1 Å². The molecule has 3 aromatic rings. The van der Waals surface area contributed by atoms with Crippen LogP contribution in [0.3, 0.4) is 0 Å². The summed E-state index contributed by atoms with van der Waals surface area (Å²) in [5.41, 5.74) is 7.76. The highest BCUT2D eigenvalue weighted by molar-refractivity contribution is 9.10. The van der Waals surface area contributed by atoms with Crippen LogP contribution < -0.4 is 16.0 Å². The van der Waals surface area contributed by atoms with Gasteiger partial charge in [0, 0.05) is 27.5 Å². The second-order valence-corrected chi connectivity index (χ2v) is 9.50. The van der Waals surface area contributed by atoms with Gasteiger partial charge in [-0.05, 0) is 73.4 Å². The van der Waals surface area contributed by atoms with Crippen LogP contribution in [-0.2, 0) is 5.41 Å². The molecule has 1 aliphatic rings. The lowest BCUT2D eigenvalue weighted by atomic mass is 9.64. The van der Waals surface area contributed by atoms with Crippen LogP contribution in [0.5, 0.6) is 5.75 Å². The van der Waals surface area contributed by atoms with Gasteiger partial charge in [-0.25, -0.2) is 0 Å². The molecular weight excluding hydrogens is 464 g/mol. The summed E-state index contributed by atoms with van der Waals surface area (Å²) in [5.74, 6) is 0.634. The molecule has 1 saturated carbocycles. The Labute approximate surface area is 189 Å². The predicted molar refractivity (Wildman–Crippen MR) is 127 cm³/mol. The number of hydrogen-bond acceptors (Lipinski definition) is 3. The van der Waals surface area contributed by atoms with E-state index in [2.05, 4.69) is 52.1 Å². The first-order chi connectivity index (χ1) is 14.4. The number of fused-ring (bicyclic) bond motifs is 1. The van der Waals surface area contributed by atoms with E-state index >= 15 is 0 Å². The zero-order valence-electron chi connectivity index (χ0n) is 17.0. The standard InChI is InChI=1S/C24H26BrClN2O2/c1-2-22(27)24(16-4-3-5-17(25)13-16)9-6-18(7-10-24)30-21-12-15-8-11-28-23(29)19(15)14-20(21)26/h3-5,8,11-14,18,22H,2,6-7,9-10,27H2,1H3,(H,28,29)/t18-,22?,24+. The summed E-state index contributed by atoms with van der Waals surface area (Å²) in [6, 6.07) is 14.0. The topological polar surface area (TPSA) is 68.1 Å². The first-order valence-corrected chi connectivity index (χ1v) is 11.6. The Balaban J connectivity index is 1.55. The van der Waals surface area contributed by atoms with Crippen LogP contribution in [0.2, 0.25) is 5.02 Å². The Hall–Kier alpha value is -1.82. The fourth-order valence-electron chi connectivity index (χ4n) is 4.75. The number of pyridine rings is 1. The fourth-order valence-corrected chi connectivity index (χ4v) is 5.35. The molecule has 1 aromatic heterocycles. The summed E-state index contributed by atoms with van der Waals surface area (Å²) in [6.07, 6.45) is 6.40. The number of benzene rings is 2. The van der Waals surface area contributed by atoms with E-state index in [9.17, 15) is 4.79 Å².